The van der Waals surface area contributed by atoms with Crippen LogP contribution in [-0.2, 0) is 16.8 Å². The van der Waals surface area contributed by atoms with Crippen molar-refractivity contribution in [3.8, 4) is 0 Å². The normalized spacial score (nSPS) is 21.2. The average Bonchev–Trinajstić information content (AvgIpc) is 2.82. The minimum Gasteiger partial charge on any atom is -0.394 e. The quantitative estimate of drug-likeness (QED) is 0.715. The minimum absolute atomic E-state index is 0.0148. The van der Waals surface area contributed by atoms with Gasteiger partial charge < -0.3 is 10.4 Å². The zero-order chi connectivity index (χ0) is 13.7. The van der Waals surface area contributed by atoms with E-state index >= 15 is 0 Å². The van der Waals surface area contributed by atoms with Crippen molar-refractivity contribution >= 4 is 5.91 Å². The maximum Gasteiger partial charge on any atom is 0.233 e. The summed E-state index contributed by atoms with van der Waals surface area (Å²) in [5.74, 6) is -0.0148. The number of nitrogens with one attached hydrogen (secondary N) is 2. The van der Waals surface area contributed by atoms with E-state index in [2.05, 4.69) is 16.7 Å². The molecule has 1 unspecified atom stereocenters. The molecule has 1 aliphatic rings. The van der Waals surface area contributed by atoms with Gasteiger partial charge in [-0.1, -0.05) is 31.2 Å². The standard InChI is InChI=1S/C15H22N2O2/c1-2-9-16-14(19)10-17-15(11-18)8-7-12-5-3-4-6-13(12)15/h3-6,17-18H,2,7-11H2,1H3,(H,16,19). The van der Waals surface area contributed by atoms with Gasteiger partial charge in [0.1, 0.15) is 0 Å². The molecule has 0 saturated heterocycles. The van der Waals surface area contributed by atoms with Crippen molar-refractivity contribution < 1.29 is 9.90 Å². The molecule has 1 amide bonds. The summed E-state index contributed by atoms with van der Waals surface area (Å²) in [6, 6.07) is 8.12. The first-order chi connectivity index (χ1) is 9.22. The van der Waals surface area contributed by atoms with Gasteiger partial charge in [0.25, 0.3) is 0 Å². The minimum atomic E-state index is -0.458. The van der Waals surface area contributed by atoms with Crippen LogP contribution in [0, 0.1) is 0 Å². The number of hydrogen-bond donors (Lipinski definition) is 3. The van der Waals surface area contributed by atoms with Crippen molar-refractivity contribution in [2.75, 3.05) is 19.7 Å². The van der Waals surface area contributed by atoms with Crippen molar-refractivity contribution in [2.45, 2.75) is 31.7 Å². The summed E-state index contributed by atoms with van der Waals surface area (Å²) in [6.07, 6.45) is 2.71. The molecule has 4 heteroatoms. The molecule has 1 aliphatic carbocycles. The van der Waals surface area contributed by atoms with E-state index in [1.807, 2.05) is 25.1 Å². The van der Waals surface area contributed by atoms with Gasteiger partial charge in [0.15, 0.2) is 0 Å². The first-order valence-corrected chi connectivity index (χ1v) is 6.93. The first-order valence-electron chi connectivity index (χ1n) is 6.93. The Kier molecular flexibility index (Phi) is 4.56. The van der Waals surface area contributed by atoms with Crippen LogP contribution in [0.15, 0.2) is 24.3 Å². The van der Waals surface area contributed by atoms with Crippen LogP contribution in [0.2, 0.25) is 0 Å². The van der Waals surface area contributed by atoms with Gasteiger partial charge >= 0.3 is 0 Å². The number of fused-ring (bicyclic) bond motifs is 1. The maximum atomic E-state index is 11.7. The van der Waals surface area contributed by atoms with Gasteiger partial charge in [-0.25, -0.2) is 0 Å². The zero-order valence-electron chi connectivity index (χ0n) is 11.4. The lowest BCUT2D eigenvalue weighted by Crippen LogP contribution is -2.48. The molecule has 19 heavy (non-hydrogen) atoms. The number of aryl methyl sites for hydroxylation is 1. The highest BCUT2D eigenvalue weighted by Gasteiger charge is 2.37. The number of aliphatic hydroxyl groups is 1. The molecule has 0 aliphatic heterocycles. The molecule has 0 heterocycles. The monoisotopic (exact) mass is 262 g/mol. The second-order valence-electron chi connectivity index (χ2n) is 5.10. The van der Waals surface area contributed by atoms with Crippen molar-refractivity contribution in [1.29, 1.82) is 0 Å². The summed E-state index contributed by atoms with van der Waals surface area (Å²) < 4.78 is 0. The highest BCUT2D eigenvalue weighted by Crippen LogP contribution is 2.36. The molecule has 0 aromatic heterocycles. The van der Waals surface area contributed by atoms with Crippen LogP contribution in [0.25, 0.3) is 0 Å². The number of amides is 1. The highest BCUT2D eigenvalue weighted by molar-refractivity contribution is 5.78. The Labute approximate surface area is 114 Å². The molecule has 0 bridgehead atoms. The molecule has 1 atom stereocenters. The predicted octanol–water partition coefficient (Wildman–Crippen LogP) is 0.936. The van der Waals surface area contributed by atoms with E-state index in [0.29, 0.717) is 6.54 Å². The van der Waals surface area contributed by atoms with Gasteiger partial charge in [0, 0.05) is 6.54 Å². The summed E-state index contributed by atoms with van der Waals surface area (Å²) in [5.41, 5.74) is 1.93. The molecule has 1 aromatic carbocycles. The Morgan fingerprint density at radius 1 is 1.42 bits per heavy atom. The lowest BCUT2D eigenvalue weighted by Gasteiger charge is -2.29. The van der Waals surface area contributed by atoms with Gasteiger partial charge in [0.2, 0.25) is 5.91 Å². The van der Waals surface area contributed by atoms with Crippen LogP contribution < -0.4 is 10.6 Å². The Morgan fingerprint density at radius 2 is 2.21 bits per heavy atom. The number of carbonyl (C=O) groups is 1. The third kappa shape index (κ3) is 2.96. The summed E-state index contributed by atoms with van der Waals surface area (Å²) in [5, 5.41) is 15.8. The Bertz CT molecular complexity index is 448. The summed E-state index contributed by atoms with van der Waals surface area (Å²) >= 11 is 0. The van der Waals surface area contributed by atoms with E-state index in [1.54, 1.807) is 0 Å². The lowest BCUT2D eigenvalue weighted by atomic mass is 9.92. The lowest BCUT2D eigenvalue weighted by molar-refractivity contribution is -0.120. The van der Waals surface area contributed by atoms with E-state index in [4.69, 9.17) is 0 Å². The van der Waals surface area contributed by atoms with Crippen LogP contribution in [-0.4, -0.2) is 30.7 Å². The van der Waals surface area contributed by atoms with Crippen LogP contribution in [0.1, 0.15) is 30.9 Å². The molecule has 1 aromatic rings. The fourth-order valence-electron chi connectivity index (χ4n) is 2.67. The van der Waals surface area contributed by atoms with Crippen molar-refractivity contribution in [2.24, 2.45) is 0 Å². The average molecular weight is 262 g/mol. The fourth-order valence-corrected chi connectivity index (χ4v) is 2.67. The number of aliphatic hydroxyl groups excluding tert-OH is 1. The SMILES string of the molecule is CCCNC(=O)CNC1(CO)CCc2ccccc21. The molecular formula is C15H22N2O2. The molecule has 0 radical (unpaired) electrons. The van der Waals surface area contributed by atoms with Gasteiger partial charge in [-0.05, 0) is 30.4 Å². The highest BCUT2D eigenvalue weighted by atomic mass is 16.3. The Morgan fingerprint density at radius 3 is 2.95 bits per heavy atom. The van der Waals surface area contributed by atoms with Crippen molar-refractivity contribution in [3.63, 3.8) is 0 Å². The van der Waals surface area contributed by atoms with Crippen molar-refractivity contribution in [1.82, 2.24) is 10.6 Å². The molecular weight excluding hydrogens is 240 g/mol. The Hall–Kier alpha value is -1.39. The van der Waals surface area contributed by atoms with Crippen LogP contribution in [0.4, 0.5) is 0 Å². The van der Waals surface area contributed by atoms with E-state index in [0.717, 1.165) is 24.8 Å². The number of rotatable bonds is 6. The second kappa shape index (κ2) is 6.17. The van der Waals surface area contributed by atoms with E-state index in [9.17, 15) is 9.90 Å². The summed E-state index contributed by atoms with van der Waals surface area (Å²) in [6.45, 7) is 2.99. The van der Waals surface area contributed by atoms with Crippen molar-refractivity contribution in [3.05, 3.63) is 35.4 Å². The third-order valence-electron chi connectivity index (χ3n) is 3.78. The van der Waals surface area contributed by atoms with E-state index in [-0.39, 0.29) is 19.1 Å². The topological polar surface area (TPSA) is 61.4 Å². The molecule has 0 fully saturated rings. The summed E-state index contributed by atoms with van der Waals surface area (Å²) in [7, 11) is 0. The Balaban J connectivity index is 2.03. The van der Waals surface area contributed by atoms with Gasteiger partial charge in [-0.15, -0.1) is 0 Å². The van der Waals surface area contributed by atoms with Gasteiger partial charge in [-0.2, -0.15) is 0 Å². The largest absolute Gasteiger partial charge is 0.394 e. The molecule has 3 N–H and O–H groups in total. The number of carbonyl (C=O) groups excluding carboxylic acids is 1. The van der Waals surface area contributed by atoms with Crippen LogP contribution in [0.3, 0.4) is 0 Å². The molecule has 2 rings (SSSR count). The van der Waals surface area contributed by atoms with Gasteiger partial charge in [0.05, 0.1) is 18.7 Å². The fraction of sp³-hybridized carbons (Fsp3) is 0.533. The smallest absolute Gasteiger partial charge is 0.233 e. The maximum absolute atomic E-state index is 11.7. The summed E-state index contributed by atoms with van der Waals surface area (Å²) in [4.78, 5) is 11.7. The third-order valence-corrected chi connectivity index (χ3v) is 3.78. The molecule has 0 spiro atoms. The van der Waals surface area contributed by atoms with Gasteiger partial charge in [-0.3, -0.25) is 10.1 Å². The second-order valence-corrected chi connectivity index (χ2v) is 5.10. The first kappa shape index (κ1) is 14.0. The van der Waals surface area contributed by atoms with Crippen LogP contribution in [0.5, 0.6) is 0 Å². The molecule has 0 saturated carbocycles. The zero-order valence-corrected chi connectivity index (χ0v) is 11.4. The number of hydrogen-bond acceptors (Lipinski definition) is 3. The van der Waals surface area contributed by atoms with Crippen LogP contribution >= 0.6 is 0 Å². The number of benzene rings is 1. The molecule has 104 valence electrons. The molecule has 4 nitrogen and oxygen atoms in total. The van der Waals surface area contributed by atoms with E-state index in [1.165, 1.54) is 5.56 Å². The predicted molar refractivity (Wildman–Crippen MR) is 74.8 cm³/mol. The van der Waals surface area contributed by atoms with E-state index < -0.39 is 5.54 Å².